The third-order valence-corrected chi connectivity index (χ3v) is 6.01. The van der Waals surface area contributed by atoms with Crippen LogP contribution >= 0.6 is 0 Å². The van der Waals surface area contributed by atoms with Gasteiger partial charge in [0.05, 0.1) is 18.3 Å². The van der Waals surface area contributed by atoms with E-state index in [9.17, 15) is 4.79 Å². The third-order valence-electron chi connectivity index (χ3n) is 6.01. The number of likely N-dealkylation sites (tertiary alicyclic amines) is 1. The second kappa shape index (κ2) is 8.27. The number of carbonyl (C=O) groups is 1. The van der Waals surface area contributed by atoms with Crippen LogP contribution in [0.4, 0.5) is 0 Å². The van der Waals surface area contributed by atoms with E-state index in [1.807, 2.05) is 18.2 Å². The van der Waals surface area contributed by atoms with Crippen molar-refractivity contribution in [3.05, 3.63) is 71.3 Å². The van der Waals surface area contributed by atoms with E-state index in [2.05, 4.69) is 55.1 Å². The number of rotatable bonds is 4. The smallest absolute Gasteiger partial charge is 0.257 e. The molecule has 2 aromatic carbocycles. The molecule has 0 unspecified atom stereocenters. The first-order valence-corrected chi connectivity index (χ1v) is 10.4. The molecular weight excluding hydrogens is 346 g/mol. The number of hydrogen-bond acceptors (Lipinski definition) is 3. The first kappa shape index (κ1) is 18.9. The van der Waals surface area contributed by atoms with Gasteiger partial charge in [-0.2, -0.15) is 5.10 Å². The van der Waals surface area contributed by atoms with Crippen molar-refractivity contribution in [3.63, 3.8) is 0 Å². The van der Waals surface area contributed by atoms with Crippen LogP contribution in [0.5, 0.6) is 0 Å². The molecule has 0 aromatic heterocycles. The summed E-state index contributed by atoms with van der Waals surface area (Å²) in [7, 11) is 0. The highest BCUT2D eigenvalue weighted by Gasteiger charge is 2.34. The molecule has 2 aliphatic rings. The molecule has 0 saturated carbocycles. The summed E-state index contributed by atoms with van der Waals surface area (Å²) in [5.74, 6) is 0.102. The van der Waals surface area contributed by atoms with Crippen molar-refractivity contribution in [1.82, 2.24) is 9.91 Å². The lowest BCUT2D eigenvalue weighted by atomic mass is 9.97. The number of hydrazone groups is 1. The van der Waals surface area contributed by atoms with Gasteiger partial charge >= 0.3 is 0 Å². The largest absolute Gasteiger partial charge is 0.292 e. The van der Waals surface area contributed by atoms with Gasteiger partial charge in [-0.3, -0.25) is 9.69 Å². The maximum Gasteiger partial charge on any atom is 0.257 e. The highest BCUT2D eigenvalue weighted by Crippen LogP contribution is 2.33. The summed E-state index contributed by atoms with van der Waals surface area (Å²) >= 11 is 0. The quantitative estimate of drug-likeness (QED) is 0.786. The Morgan fingerprint density at radius 3 is 2.54 bits per heavy atom. The Kier molecular flexibility index (Phi) is 5.58. The van der Waals surface area contributed by atoms with E-state index in [1.165, 1.54) is 24.8 Å². The summed E-state index contributed by atoms with van der Waals surface area (Å²) in [5, 5.41) is 6.55. The molecule has 0 radical (unpaired) electrons. The average Bonchev–Trinajstić information content (AvgIpc) is 3.16. The molecule has 4 heteroatoms. The predicted octanol–water partition coefficient (Wildman–Crippen LogP) is 4.55. The van der Waals surface area contributed by atoms with Gasteiger partial charge in [-0.15, -0.1) is 0 Å². The fourth-order valence-corrected chi connectivity index (χ4v) is 4.23. The first-order chi connectivity index (χ1) is 13.6. The van der Waals surface area contributed by atoms with Crippen molar-refractivity contribution in [2.24, 2.45) is 5.10 Å². The summed E-state index contributed by atoms with van der Waals surface area (Å²) in [6.45, 7) is 5.78. The molecule has 4 rings (SSSR count). The van der Waals surface area contributed by atoms with Gasteiger partial charge in [-0.1, -0.05) is 66.6 Å². The fraction of sp³-hybridized carbons (Fsp3) is 0.417. The molecule has 0 bridgehead atoms. The molecule has 2 atom stereocenters. The van der Waals surface area contributed by atoms with Crippen LogP contribution in [0.1, 0.15) is 55.3 Å². The summed E-state index contributed by atoms with van der Waals surface area (Å²) in [5.41, 5.74) is 4.47. The van der Waals surface area contributed by atoms with Gasteiger partial charge in [-0.25, -0.2) is 5.01 Å². The number of hydrogen-bond donors (Lipinski definition) is 0. The Balaban J connectivity index is 1.60. The van der Waals surface area contributed by atoms with E-state index in [1.54, 1.807) is 5.01 Å². The lowest BCUT2D eigenvalue weighted by Crippen LogP contribution is -2.44. The van der Waals surface area contributed by atoms with Gasteiger partial charge in [0.2, 0.25) is 0 Å². The normalized spacial score (nSPS) is 22.9. The van der Waals surface area contributed by atoms with E-state index >= 15 is 0 Å². The Morgan fingerprint density at radius 1 is 1.07 bits per heavy atom. The third kappa shape index (κ3) is 4.02. The average molecular weight is 376 g/mol. The minimum atomic E-state index is -0.0246. The lowest BCUT2D eigenvalue weighted by molar-refractivity contribution is -0.135. The Morgan fingerprint density at radius 2 is 1.82 bits per heavy atom. The molecule has 0 spiro atoms. The molecular formula is C24H29N3O. The molecule has 0 aliphatic carbocycles. The van der Waals surface area contributed by atoms with Gasteiger partial charge in [-0.05, 0) is 44.4 Å². The Hall–Kier alpha value is -2.46. The summed E-state index contributed by atoms with van der Waals surface area (Å²) < 4.78 is 0. The van der Waals surface area contributed by atoms with Gasteiger partial charge in [0, 0.05) is 12.5 Å². The first-order valence-electron chi connectivity index (χ1n) is 10.4. The van der Waals surface area contributed by atoms with Gasteiger partial charge in [0.1, 0.15) is 0 Å². The van der Waals surface area contributed by atoms with Crippen molar-refractivity contribution >= 4 is 11.6 Å². The lowest BCUT2D eigenvalue weighted by Gasteiger charge is -2.34. The molecule has 2 heterocycles. The van der Waals surface area contributed by atoms with Crippen LogP contribution in [0, 0.1) is 6.92 Å². The maximum absolute atomic E-state index is 13.3. The topological polar surface area (TPSA) is 35.9 Å². The van der Waals surface area contributed by atoms with E-state index in [0.29, 0.717) is 12.6 Å². The van der Waals surface area contributed by atoms with Crippen LogP contribution in [-0.4, -0.2) is 40.7 Å². The van der Waals surface area contributed by atoms with E-state index in [0.717, 1.165) is 29.8 Å². The van der Waals surface area contributed by atoms with Crippen molar-refractivity contribution in [2.75, 3.05) is 13.1 Å². The van der Waals surface area contributed by atoms with Crippen molar-refractivity contribution in [2.45, 2.75) is 51.6 Å². The molecule has 2 aromatic rings. The second-order valence-electron chi connectivity index (χ2n) is 8.10. The molecule has 0 N–H and O–H groups in total. The van der Waals surface area contributed by atoms with Crippen molar-refractivity contribution in [3.8, 4) is 0 Å². The molecule has 4 nitrogen and oxygen atoms in total. The molecule has 28 heavy (non-hydrogen) atoms. The molecule has 2 aliphatic heterocycles. The Bertz CT molecular complexity index is 844. The molecule has 1 amide bonds. The van der Waals surface area contributed by atoms with Gasteiger partial charge in [0.15, 0.2) is 0 Å². The van der Waals surface area contributed by atoms with Gasteiger partial charge < -0.3 is 0 Å². The fourth-order valence-electron chi connectivity index (χ4n) is 4.23. The van der Waals surface area contributed by atoms with Crippen LogP contribution in [-0.2, 0) is 4.79 Å². The number of carbonyl (C=O) groups excluding carboxylic acids is 1. The van der Waals surface area contributed by atoms with E-state index in [4.69, 9.17) is 5.10 Å². The van der Waals surface area contributed by atoms with Crippen LogP contribution in [0.25, 0.3) is 0 Å². The Labute approximate surface area is 167 Å². The summed E-state index contributed by atoms with van der Waals surface area (Å²) in [6.07, 6.45) is 4.37. The highest BCUT2D eigenvalue weighted by atomic mass is 16.2. The molecule has 1 saturated heterocycles. The minimum Gasteiger partial charge on any atom is -0.292 e. The zero-order valence-electron chi connectivity index (χ0n) is 16.8. The van der Waals surface area contributed by atoms with Gasteiger partial charge in [0.25, 0.3) is 5.91 Å². The number of nitrogens with zero attached hydrogens (tertiary/aromatic N) is 3. The second-order valence-corrected chi connectivity index (χ2v) is 8.10. The summed E-state index contributed by atoms with van der Waals surface area (Å²) in [6, 6.07) is 19.2. The number of aryl methyl sites for hydroxylation is 1. The standard InChI is InChI=1S/C24H29N3O/c1-18-11-13-21(14-12-18)23-16-22(20-9-4-3-5-10-20)25-27(23)24(28)17-26-15-7-6-8-19(26)2/h3-5,9-14,19,23H,6-8,15-17H2,1-2H3/t19-,23+/m0/s1. The minimum absolute atomic E-state index is 0.0246. The van der Waals surface area contributed by atoms with E-state index < -0.39 is 0 Å². The number of piperidine rings is 1. The summed E-state index contributed by atoms with van der Waals surface area (Å²) in [4.78, 5) is 15.6. The van der Waals surface area contributed by atoms with Crippen LogP contribution in [0.2, 0.25) is 0 Å². The number of benzene rings is 2. The maximum atomic E-state index is 13.3. The van der Waals surface area contributed by atoms with Crippen LogP contribution in [0.15, 0.2) is 59.7 Å². The highest BCUT2D eigenvalue weighted by molar-refractivity contribution is 6.03. The number of amides is 1. The van der Waals surface area contributed by atoms with Crippen LogP contribution < -0.4 is 0 Å². The van der Waals surface area contributed by atoms with Crippen molar-refractivity contribution < 1.29 is 4.79 Å². The SMILES string of the molecule is Cc1ccc([C@H]2CC(c3ccccc3)=NN2C(=O)CN2CCCC[C@@H]2C)cc1. The van der Waals surface area contributed by atoms with Crippen LogP contribution in [0.3, 0.4) is 0 Å². The zero-order valence-corrected chi connectivity index (χ0v) is 16.8. The molecule has 1 fully saturated rings. The van der Waals surface area contributed by atoms with E-state index in [-0.39, 0.29) is 11.9 Å². The zero-order chi connectivity index (χ0) is 19.5. The molecule has 146 valence electrons. The van der Waals surface area contributed by atoms with Crippen molar-refractivity contribution in [1.29, 1.82) is 0 Å². The monoisotopic (exact) mass is 375 g/mol. The predicted molar refractivity (Wildman–Crippen MR) is 113 cm³/mol.